The Labute approximate surface area is 86.0 Å². The van der Waals surface area contributed by atoms with Gasteiger partial charge in [-0.2, -0.15) is 0 Å². The van der Waals surface area contributed by atoms with Crippen molar-refractivity contribution in [2.75, 3.05) is 13.2 Å². The predicted octanol–water partition coefficient (Wildman–Crippen LogP) is 2.24. The first-order valence-corrected chi connectivity index (χ1v) is 5.29. The van der Waals surface area contributed by atoms with Crippen LogP contribution in [0.3, 0.4) is 0 Å². The van der Waals surface area contributed by atoms with E-state index in [2.05, 4.69) is 32.8 Å². The number of nitrogens with one attached hydrogen (secondary N) is 1. The normalized spacial score (nSPS) is 29.1. The van der Waals surface area contributed by atoms with Gasteiger partial charge in [-0.05, 0) is 28.8 Å². The Morgan fingerprint density at radius 2 is 2.54 bits per heavy atom. The van der Waals surface area contributed by atoms with E-state index in [0.717, 1.165) is 24.4 Å². The van der Waals surface area contributed by atoms with E-state index in [1.165, 1.54) is 12.1 Å². The molecule has 1 atom stereocenters. The summed E-state index contributed by atoms with van der Waals surface area (Å²) in [5, 5.41) is 0. The number of ether oxygens (including phenoxy) is 1. The third-order valence-electron chi connectivity index (χ3n) is 2.63. The number of aromatic nitrogens is 2. The van der Waals surface area contributed by atoms with Crippen LogP contribution in [-0.4, -0.2) is 23.2 Å². The lowest BCUT2D eigenvalue weighted by Gasteiger charge is -2.32. The number of rotatable bonds is 1. The van der Waals surface area contributed by atoms with Gasteiger partial charge in [0.25, 0.3) is 0 Å². The Morgan fingerprint density at radius 3 is 3.08 bits per heavy atom. The van der Waals surface area contributed by atoms with Crippen molar-refractivity contribution in [3.63, 3.8) is 0 Å². The second-order valence-corrected chi connectivity index (χ2v) is 4.56. The van der Waals surface area contributed by atoms with E-state index in [1.807, 2.05) is 6.20 Å². The number of hydrogen-bond acceptors (Lipinski definition) is 2. The summed E-state index contributed by atoms with van der Waals surface area (Å²) in [5.41, 5.74) is 1.29. The number of H-pyrrole nitrogens is 1. The van der Waals surface area contributed by atoms with Crippen molar-refractivity contribution in [2.24, 2.45) is 0 Å². The van der Waals surface area contributed by atoms with Crippen molar-refractivity contribution in [2.45, 2.75) is 25.2 Å². The summed E-state index contributed by atoms with van der Waals surface area (Å²) in [7, 11) is 0. The van der Waals surface area contributed by atoms with E-state index in [-0.39, 0.29) is 5.41 Å². The van der Waals surface area contributed by atoms with Gasteiger partial charge in [0.1, 0.15) is 0 Å². The highest BCUT2D eigenvalue weighted by Crippen LogP contribution is 2.31. The smallest absolute Gasteiger partial charge is 0.174 e. The molecule has 1 fully saturated rings. The van der Waals surface area contributed by atoms with Crippen molar-refractivity contribution in [1.82, 2.24) is 9.97 Å². The zero-order chi connectivity index (χ0) is 9.31. The lowest BCUT2D eigenvalue weighted by Crippen LogP contribution is -2.33. The second-order valence-electron chi connectivity index (χ2n) is 3.80. The Kier molecular flexibility index (Phi) is 2.43. The largest absolute Gasteiger partial charge is 0.380 e. The van der Waals surface area contributed by atoms with Gasteiger partial charge in [-0.25, -0.2) is 4.98 Å². The number of hydrogen-bond donors (Lipinski definition) is 1. The minimum atomic E-state index is 0.122. The van der Waals surface area contributed by atoms with Gasteiger partial charge in [-0.3, -0.25) is 0 Å². The molecule has 13 heavy (non-hydrogen) atoms. The van der Waals surface area contributed by atoms with Crippen molar-refractivity contribution in [3.8, 4) is 0 Å². The van der Waals surface area contributed by atoms with Crippen LogP contribution in [-0.2, 0) is 10.2 Å². The van der Waals surface area contributed by atoms with Crippen LogP contribution in [0.4, 0.5) is 0 Å². The van der Waals surface area contributed by atoms with Crippen molar-refractivity contribution >= 4 is 15.9 Å². The highest BCUT2D eigenvalue weighted by Gasteiger charge is 2.31. The summed E-state index contributed by atoms with van der Waals surface area (Å²) in [6, 6.07) is 0. The van der Waals surface area contributed by atoms with Crippen LogP contribution in [0.15, 0.2) is 10.9 Å². The van der Waals surface area contributed by atoms with Crippen molar-refractivity contribution < 1.29 is 4.74 Å². The Bertz CT molecular complexity index is 292. The Balaban J connectivity index is 2.22. The zero-order valence-electron chi connectivity index (χ0n) is 7.64. The molecular weight excluding hydrogens is 232 g/mol. The van der Waals surface area contributed by atoms with Crippen LogP contribution in [0, 0.1) is 0 Å². The molecule has 0 bridgehead atoms. The van der Waals surface area contributed by atoms with Gasteiger partial charge in [0.2, 0.25) is 0 Å². The van der Waals surface area contributed by atoms with Crippen LogP contribution < -0.4 is 0 Å². The number of halogens is 1. The molecule has 1 N–H and O–H groups in total. The summed E-state index contributed by atoms with van der Waals surface area (Å²) in [5.74, 6) is 0. The van der Waals surface area contributed by atoms with E-state index >= 15 is 0 Å². The van der Waals surface area contributed by atoms with Crippen LogP contribution in [0.25, 0.3) is 0 Å². The fourth-order valence-corrected chi connectivity index (χ4v) is 2.07. The number of nitrogens with zero attached hydrogens (tertiary/aromatic N) is 1. The van der Waals surface area contributed by atoms with Crippen LogP contribution >= 0.6 is 15.9 Å². The molecule has 1 saturated heterocycles. The fourth-order valence-electron chi connectivity index (χ4n) is 1.75. The summed E-state index contributed by atoms with van der Waals surface area (Å²) in [6.07, 6.45) is 4.19. The van der Waals surface area contributed by atoms with Gasteiger partial charge < -0.3 is 9.72 Å². The first kappa shape index (κ1) is 9.21. The monoisotopic (exact) mass is 244 g/mol. The highest BCUT2D eigenvalue weighted by atomic mass is 79.9. The maximum atomic E-state index is 5.49. The van der Waals surface area contributed by atoms with Gasteiger partial charge in [-0.1, -0.05) is 6.92 Å². The highest BCUT2D eigenvalue weighted by molar-refractivity contribution is 9.10. The van der Waals surface area contributed by atoms with Gasteiger partial charge in [0, 0.05) is 23.9 Å². The molecule has 0 spiro atoms. The maximum Gasteiger partial charge on any atom is 0.174 e. The first-order valence-electron chi connectivity index (χ1n) is 4.49. The molecule has 1 unspecified atom stereocenters. The Hall–Kier alpha value is -0.350. The van der Waals surface area contributed by atoms with Gasteiger partial charge in [0.15, 0.2) is 4.73 Å². The van der Waals surface area contributed by atoms with E-state index < -0.39 is 0 Å². The third-order valence-corrected chi connectivity index (χ3v) is 3.04. The number of imidazole rings is 1. The van der Waals surface area contributed by atoms with Gasteiger partial charge in [-0.15, -0.1) is 0 Å². The van der Waals surface area contributed by atoms with Crippen molar-refractivity contribution in [3.05, 3.63) is 16.6 Å². The molecule has 1 aromatic rings. The minimum absolute atomic E-state index is 0.122. The molecule has 4 heteroatoms. The molecule has 2 heterocycles. The minimum Gasteiger partial charge on any atom is -0.380 e. The summed E-state index contributed by atoms with van der Waals surface area (Å²) in [4.78, 5) is 7.35. The third kappa shape index (κ3) is 1.79. The molecule has 3 nitrogen and oxygen atoms in total. The van der Waals surface area contributed by atoms with Crippen LogP contribution in [0.5, 0.6) is 0 Å². The molecule has 0 aromatic carbocycles. The summed E-state index contributed by atoms with van der Waals surface area (Å²) < 4.78 is 6.29. The molecule has 0 aliphatic carbocycles. The van der Waals surface area contributed by atoms with Crippen molar-refractivity contribution in [1.29, 1.82) is 0 Å². The van der Waals surface area contributed by atoms with Crippen LogP contribution in [0.1, 0.15) is 25.5 Å². The van der Waals surface area contributed by atoms with E-state index in [9.17, 15) is 0 Å². The first-order chi connectivity index (χ1) is 6.21. The Morgan fingerprint density at radius 1 is 1.69 bits per heavy atom. The predicted molar refractivity (Wildman–Crippen MR) is 53.7 cm³/mol. The maximum absolute atomic E-state index is 5.49. The van der Waals surface area contributed by atoms with E-state index in [0.29, 0.717) is 0 Å². The quantitative estimate of drug-likeness (QED) is 0.823. The van der Waals surface area contributed by atoms with Crippen LogP contribution in [0.2, 0.25) is 0 Å². The SMILES string of the molecule is CC1(c2cnc(Br)[nH]2)CCCOC1. The molecule has 0 saturated carbocycles. The molecule has 1 aromatic heterocycles. The molecule has 0 amide bonds. The van der Waals surface area contributed by atoms with Gasteiger partial charge in [0.05, 0.1) is 6.61 Å². The zero-order valence-corrected chi connectivity index (χ0v) is 9.23. The molecular formula is C9H13BrN2O. The molecule has 0 radical (unpaired) electrons. The summed E-state index contributed by atoms with van der Waals surface area (Å²) >= 11 is 3.32. The second kappa shape index (κ2) is 3.42. The molecule has 72 valence electrons. The molecule has 1 aliphatic heterocycles. The standard InChI is InChI=1S/C9H13BrN2O/c1-9(3-2-4-13-6-9)7-5-11-8(10)12-7/h5H,2-4,6H2,1H3,(H,11,12). The lowest BCUT2D eigenvalue weighted by molar-refractivity contribution is 0.0403. The van der Waals surface area contributed by atoms with Gasteiger partial charge >= 0.3 is 0 Å². The molecule has 1 aliphatic rings. The molecule has 2 rings (SSSR count). The fraction of sp³-hybridized carbons (Fsp3) is 0.667. The average Bonchev–Trinajstić information content (AvgIpc) is 2.54. The lowest BCUT2D eigenvalue weighted by atomic mass is 9.82. The number of aromatic amines is 1. The summed E-state index contributed by atoms with van der Waals surface area (Å²) in [6.45, 7) is 3.90. The van der Waals surface area contributed by atoms with E-state index in [1.54, 1.807) is 0 Å². The van der Waals surface area contributed by atoms with E-state index in [4.69, 9.17) is 4.74 Å². The topological polar surface area (TPSA) is 37.9 Å². The average molecular weight is 245 g/mol.